The van der Waals surface area contributed by atoms with Gasteiger partial charge in [0.2, 0.25) is 0 Å². The molecule has 1 aliphatic carbocycles. The van der Waals surface area contributed by atoms with E-state index in [9.17, 15) is 0 Å². The number of nitrogens with two attached hydrogens (primary N) is 1. The summed E-state index contributed by atoms with van der Waals surface area (Å²) in [5.41, 5.74) is 9.69. The number of benzene rings is 1. The van der Waals surface area contributed by atoms with Crippen LogP contribution in [0.2, 0.25) is 0 Å². The molecule has 17 heavy (non-hydrogen) atoms. The number of hydrogen-bond acceptors (Lipinski definition) is 2. The summed E-state index contributed by atoms with van der Waals surface area (Å²) in [6.07, 6.45) is 3.77. The highest BCUT2D eigenvalue weighted by molar-refractivity contribution is 5.46. The fourth-order valence-electron chi connectivity index (χ4n) is 2.86. The maximum atomic E-state index is 5.76. The van der Waals surface area contributed by atoms with E-state index < -0.39 is 0 Å². The van der Waals surface area contributed by atoms with E-state index in [2.05, 4.69) is 26.0 Å². The number of methoxy groups -OCH3 is 1. The van der Waals surface area contributed by atoms with Crippen LogP contribution >= 0.6 is 0 Å². The predicted octanol–water partition coefficient (Wildman–Crippen LogP) is 3.15. The molecule has 0 bridgehead atoms. The molecule has 1 atom stereocenters. The summed E-state index contributed by atoms with van der Waals surface area (Å²) in [5, 5.41) is 0. The van der Waals surface area contributed by atoms with Crippen LogP contribution in [-0.2, 0) is 0 Å². The summed E-state index contributed by atoms with van der Waals surface area (Å²) in [6.45, 7) is 5.04. The molecule has 1 saturated carbocycles. The zero-order valence-electron chi connectivity index (χ0n) is 11.1. The van der Waals surface area contributed by atoms with E-state index in [-0.39, 0.29) is 0 Å². The summed E-state index contributed by atoms with van der Waals surface area (Å²) in [4.78, 5) is 0. The summed E-state index contributed by atoms with van der Waals surface area (Å²) in [7, 11) is 1.77. The van der Waals surface area contributed by atoms with Gasteiger partial charge in [0.1, 0.15) is 5.75 Å². The minimum atomic E-state index is 0.591. The van der Waals surface area contributed by atoms with Crippen LogP contribution in [0.1, 0.15) is 41.9 Å². The fraction of sp³-hybridized carbons (Fsp3) is 0.600. The van der Waals surface area contributed by atoms with Gasteiger partial charge in [0, 0.05) is 0 Å². The Kier molecular flexibility index (Phi) is 3.72. The first-order valence-electron chi connectivity index (χ1n) is 6.52. The number of hydrogen-bond donors (Lipinski definition) is 1. The molecule has 0 aliphatic heterocycles. The zero-order chi connectivity index (χ0) is 12.4. The van der Waals surface area contributed by atoms with Crippen molar-refractivity contribution >= 4 is 0 Å². The standard InChI is InChI=1S/C15H23NO/c1-10-8-11(2)15(17-3)14(9-10)13(6-7-16)12-4-5-12/h8-9,12-13H,4-7,16H2,1-3H3. The molecule has 2 nitrogen and oxygen atoms in total. The number of rotatable bonds is 5. The predicted molar refractivity (Wildman–Crippen MR) is 71.6 cm³/mol. The van der Waals surface area contributed by atoms with Crippen LogP contribution in [0.25, 0.3) is 0 Å². The van der Waals surface area contributed by atoms with Crippen molar-refractivity contribution < 1.29 is 4.74 Å². The Morgan fingerprint density at radius 3 is 2.59 bits per heavy atom. The molecule has 0 amide bonds. The summed E-state index contributed by atoms with van der Waals surface area (Å²) in [5.74, 6) is 2.49. The van der Waals surface area contributed by atoms with Gasteiger partial charge < -0.3 is 10.5 Å². The van der Waals surface area contributed by atoms with Gasteiger partial charge in [-0.2, -0.15) is 0 Å². The normalized spacial score (nSPS) is 16.9. The highest BCUT2D eigenvalue weighted by Gasteiger charge is 2.33. The topological polar surface area (TPSA) is 35.2 Å². The second-order valence-electron chi connectivity index (χ2n) is 5.23. The number of aryl methyl sites for hydroxylation is 2. The van der Waals surface area contributed by atoms with E-state index in [4.69, 9.17) is 10.5 Å². The quantitative estimate of drug-likeness (QED) is 0.848. The second-order valence-corrected chi connectivity index (χ2v) is 5.23. The van der Waals surface area contributed by atoms with Gasteiger partial charge in [-0.15, -0.1) is 0 Å². The zero-order valence-corrected chi connectivity index (χ0v) is 11.1. The van der Waals surface area contributed by atoms with E-state index in [1.54, 1.807) is 7.11 Å². The molecule has 2 rings (SSSR count). The first-order chi connectivity index (χ1) is 8.17. The molecule has 0 radical (unpaired) electrons. The van der Waals surface area contributed by atoms with Gasteiger partial charge in [0.25, 0.3) is 0 Å². The molecule has 94 valence electrons. The van der Waals surface area contributed by atoms with Crippen LogP contribution in [0, 0.1) is 19.8 Å². The Morgan fingerprint density at radius 2 is 2.06 bits per heavy atom. The largest absolute Gasteiger partial charge is 0.496 e. The summed E-state index contributed by atoms with van der Waals surface area (Å²) in [6, 6.07) is 4.47. The first kappa shape index (κ1) is 12.4. The minimum absolute atomic E-state index is 0.591. The Hall–Kier alpha value is -1.02. The molecule has 1 aromatic carbocycles. The lowest BCUT2D eigenvalue weighted by Gasteiger charge is -2.21. The van der Waals surface area contributed by atoms with E-state index in [1.807, 2.05) is 0 Å². The molecule has 1 unspecified atom stereocenters. The van der Waals surface area contributed by atoms with Crippen molar-refractivity contribution in [2.75, 3.05) is 13.7 Å². The minimum Gasteiger partial charge on any atom is -0.496 e. The molecule has 0 spiro atoms. The maximum absolute atomic E-state index is 5.76. The van der Waals surface area contributed by atoms with E-state index in [0.717, 1.165) is 24.6 Å². The highest BCUT2D eigenvalue weighted by atomic mass is 16.5. The van der Waals surface area contributed by atoms with Gasteiger partial charge in [-0.1, -0.05) is 17.7 Å². The van der Waals surface area contributed by atoms with Crippen molar-refractivity contribution in [3.8, 4) is 5.75 Å². The van der Waals surface area contributed by atoms with Crippen molar-refractivity contribution in [3.05, 3.63) is 28.8 Å². The second kappa shape index (κ2) is 5.09. The Bertz CT molecular complexity index is 396. The van der Waals surface area contributed by atoms with Crippen LogP contribution in [-0.4, -0.2) is 13.7 Å². The van der Waals surface area contributed by atoms with Gasteiger partial charge in [-0.3, -0.25) is 0 Å². The Balaban J connectivity index is 2.39. The highest BCUT2D eigenvalue weighted by Crippen LogP contribution is 2.47. The lowest BCUT2D eigenvalue weighted by molar-refractivity contribution is 0.397. The van der Waals surface area contributed by atoms with Crippen molar-refractivity contribution in [1.29, 1.82) is 0 Å². The lowest BCUT2D eigenvalue weighted by Crippen LogP contribution is -2.11. The van der Waals surface area contributed by atoms with Gasteiger partial charge in [0.05, 0.1) is 7.11 Å². The third kappa shape index (κ3) is 2.63. The van der Waals surface area contributed by atoms with Crippen LogP contribution in [0.4, 0.5) is 0 Å². The molecule has 0 heterocycles. The van der Waals surface area contributed by atoms with Crippen LogP contribution in [0.5, 0.6) is 5.75 Å². The van der Waals surface area contributed by atoms with Crippen molar-refractivity contribution in [1.82, 2.24) is 0 Å². The van der Waals surface area contributed by atoms with Gasteiger partial charge in [-0.25, -0.2) is 0 Å². The SMILES string of the molecule is COc1c(C)cc(C)cc1C(CCN)C1CC1. The Labute approximate surface area is 104 Å². The van der Waals surface area contributed by atoms with Gasteiger partial charge in [0.15, 0.2) is 0 Å². The third-order valence-corrected chi connectivity index (χ3v) is 3.72. The van der Waals surface area contributed by atoms with Gasteiger partial charge >= 0.3 is 0 Å². The molecule has 0 saturated heterocycles. The first-order valence-corrected chi connectivity index (χ1v) is 6.52. The monoisotopic (exact) mass is 233 g/mol. The van der Waals surface area contributed by atoms with E-state index in [1.165, 1.54) is 29.5 Å². The molecular weight excluding hydrogens is 210 g/mol. The van der Waals surface area contributed by atoms with Crippen molar-refractivity contribution in [2.45, 2.75) is 39.0 Å². The molecular formula is C15H23NO. The average Bonchev–Trinajstić information content (AvgIpc) is 3.08. The Morgan fingerprint density at radius 1 is 1.35 bits per heavy atom. The fourth-order valence-corrected chi connectivity index (χ4v) is 2.86. The van der Waals surface area contributed by atoms with Crippen LogP contribution < -0.4 is 10.5 Å². The van der Waals surface area contributed by atoms with E-state index >= 15 is 0 Å². The molecule has 2 heteroatoms. The number of ether oxygens (including phenoxy) is 1. The van der Waals surface area contributed by atoms with E-state index in [0.29, 0.717) is 5.92 Å². The molecule has 1 aromatic rings. The maximum Gasteiger partial charge on any atom is 0.125 e. The molecule has 1 fully saturated rings. The molecule has 2 N–H and O–H groups in total. The van der Waals surface area contributed by atoms with Crippen LogP contribution in [0.15, 0.2) is 12.1 Å². The average molecular weight is 233 g/mol. The van der Waals surface area contributed by atoms with Gasteiger partial charge in [-0.05, 0) is 62.6 Å². The van der Waals surface area contributed by atoms with Crippen molar-refractivity contribution in [2.24, 2.45) is 11.7 Å². The summed E-state index contributed by atoms with van der Waals surface area (Å²) >= 11 is 0. The van der Waals surface area contributed by atoms with Crippen LogP contribution in [0.3, 0.4) is 0 Å². The molecule has 0 aromatic heterocycles. The lowest BCUT2D eigenvalue weighted by atomic mass is 9.88. The smallest absolute Gasteiger partial charge is 0.125 e. The molecule has 1 aliphatic rings. The summed E-state index contributed by atoms with van der Waals surface area (Å²) < 4.78 is 5.60. The third-order valence-electron chi connectivity index (χ3n) is 3.72. The van der Waals surface area contributed by atoms with Crippen molar-refractivity contribution in [3.63, 3.8) is 0 Å².